The number of hydrogen-bond donors (Lipinski definition) is 2. The normalized spacial score (nSPS) is 29.1. The summed E-state index contributed by atoms with van der Waals surface area (Å²) in [6.07, 6.45) is 4.56. The van der Waals surface area contributed by atoms with Crippen LogP contribution in [-0.4, -0.2) is 37.0 Å². The van der Waals surface area contributed by atoms with Gasteiger partial charge in [-0.05, 0) is 25.7 Å². The molecule has 0 unspecified atom stereocenters. The van der Waals surface area contributed by atoms with E-state index in [2.05, 4.69) is 5.32 Å². The first-order chi connectivity index (χ1) is 6.22. The highest BCUT2D eigenvalue weighted by atomic mass is 16.7. The number of nitrogens with zero attached hydrogens (tertiary/aromatic N) is 1. The number of rotatable bonds is 3. The Hall–Kier alpha value is -0.160. The van der Waals surface area contributed by atoms with Crippen LogP contribution in [0.1, 0.15) is 25.7 Å². The maximum atomic E-state index is 6.22. The average Bonchev–Trinajstić information content (AvgIpc) is 2.89. The first kappa shape index (κ1) is 9.40. The van der Waals surface area contributed by atoms with E-state index >= 15 is 0 Å². The second kappa shape index (κ2) is 3.53. The lowest BCUT2D eigenvalue weighted by molar-refractivity contribution is -0.152. The van der Waals surface area contributed by atoms with Crippen molar-refractivity contribution in [1.29, 1.82) is 0 Å². The van der Waals surface area contributed by atoms with Crippen LogP contribution >= 0.6 is 0 Å². The van der Waals surface area contributed by atoms with Crippen LogP contribution in [-0.2, 0) is 4.84 Å². The van der Waals surface area contributed by atoms with Gasteiger partial charge in [-0.25, -0.2) is 0 Å². The molecule has 0 spiro atoms. The van der Waals surface area contributed by atoms with E-state index in [0.29, 0.717) is 6.04 Å². The number of hydroxylamine groups is 2. The SMILES string of the molecule is CON1CCC(N)(NC2CC2)CC1. The fraction of sp³-hybridized carbons (Fsp3) is 1.00. The molecule has 0 atom stereocenters. The van der Waals surface area contributed by atoms with Crippen LogP contribution in [0.25, 0.3) is 0 Å². The summed E-state index contributed by atoms with van der Waals surface area (Å²) in [5.41, 5.74) is 6.09. The molecule has 2 aliphatic rings. The van der Waals surface area contributed by atoms with Crippen molar-refractivity contribution in [3.05, 3.63) is 0 Å². The summed E-state index contributed by atoms with van der Waals surface area (Å²) in [6.45, 7) is 1.87. The molecule has 0 amide bonds. The monoisotopic (exact) mass is 185 g/mol. The van der Waals surface area contributed by atoms with Gasteiger partial charge in [-0.1, -0.05) is 0 Å². The van der Waals surface area contributed by atoms with Crippen molar-refractivity contribution in [3.8, 4) is 0 Å². The third-order valence-corrected chi connectivity index (χ3v) is 2.94. The van der Waals surface area contributed by atoms with E-state index in [1.54, 1.807) is 7.11 Å². The van der Waals surface area contributed by atoms with E-state index in [0.717, 1.165) is 25.9 Å². The molecule has 76 valence electrons. The molecule has 1 saturated heterocycles. The Labute approximate surface area is 79.4 Å². The lowest BCUT2D eigenvalue weighted by Gasteiger charge is -2.38. The van der Waals surface area contributed by atoms with Crippen molar-refractivity contribution in [2.75, 3.05) is 20.2 Å². The fourth-order valence-electron chi connectivity index (χ4n) is 1.85. The molecule has 0 aromatic carbocycles. The molecule has 13 heavy (non-hydrogen) atoms. The van der Waals surface area contributed by atoms with Crippen LogP contribution in [0.5, 0.6) is 0 Å². The Kier molecular flexibility index (Phi) is 2.55. The summed E-state index contributed by atoms with van der Waals surface area (Å²) in [6, 6.07) is 0.694. The number of hydrogen-bond acceptors (Lipinski definition) is 4. The average molecular weight is 185 g/mol. The van der Waals surface area contributed by atoms with Crippen LogP contribution in [0, 0.1) is 0 Å². The molecule has 4 heteroatoms. The van der Waals surface area contributed by atoms with E-state index in [9.17, 15) is 0 Å². The zero-order valence-electron chi connectivity index (χ0n) is 8.25. The van der Waals surface area contributed by atoms with Crippen molar-refractivity contribution in [3.63, 3.8) is 0 Å². The molecule has 0 radical (unpaired) electrons. The van der Waals surface area contributed by atoms with Gasteiger partial charge in [0.15, 0.2) is 0 Å². The lowest BCUT2D eigenvalue weighted by atomic mass is 9.99. The van der Waals surface area contributed by atoms with Crippen molar-refractivity contribution in [1.82, 2.24) is 10.4 Å². The van der Waals surface area contributed by atoms with Crippen molar-refractivity contribution in [2.45, 2.75) is 37.4 Å². The maximum Gasteiger partial charge on any atom is 0.0690 e. The van der Waals surface area contributed by atoms with Crippen LogP contribution < -0.4 is 11.1 Å². The summed E-state index contributed by atoms with van der Waals surface area (Å²) in [5, 5.41) is 5.48. The number of nitrogens with one attached hydrogen (secondary N) is 1. The van der Waals surface area contributed by atoms with Gasteiger partial charge in [-0.3, -0.25) is 5.32 Å². The van der Waals surface area contributed by atoms with Gasteiger partial charge in [0.05, 0.1) is 12.8 Å². The fourth-order valence-corrected chi connectivity index (χ4v) is 1.85. The quantitative estimate of drug-likeness (QED) is 0.610. The molecule has 4 nitrogen and oxygen atoms in total. The van der Waals surface area contributed by atoms with E-state index in [1.807, 2.05) is 5.06 Å². The number of piperidine rings is 1. The van der Waals surface area contributed by atoms with Gasteiger partial charge in [0.2, 0.25) is 0 Å². The molecular weight excluding hydrogens is 166 g/mol. The zero-order chi connectivity index (χ0) is 9.31. The molecule has 1 saturated carbocycles. The summed E-state index contributed by atoms with van der Waals surface area (Å²) in [5.74, 6) is 0. The van der Waals surface area contributed by atoms with Crippen molar-refractivity contribution in [2.24, 2.45) is 5.73 Å². The molecule has 2 fully saturated rings. The molecule has 0 bridgehead atoms. The van der Waals surface area contributed by atoms with Gasteiger partial charge in [0, 0.05) is 19.1 Å². The largest absolute Gasteiger partial charge is 0.313 e. The number of nitrogens with two attached hydrogens (primary N) is 1. The van der Waals surface area contributed by atoms with Crippen LogP contribution in [0.4, 0.5) is 0 Å². The third kappa shape index (κ3) is 2.40. The Morgan fingerprint density at radius 2 is 2.00 bits per heavy atom. The van der Waals surface area contributed by atoms with Crippen LogP contribution in [0.2, 0.25) is 0 Å². The molecule has 0 aromatic heterocycles. The van der Waals surface area contributed by atoms with Gasteiger partial charge in [-0.15, -0.1) is 0 Å². The van der Waals surface area contributed by atoms with E-state index in [-0.39, 0.29) is 5.66 Å². The summed E-state index contributed by atoms with van der Waals surface area (Å²) < 4.78 is 0. The van der Waals surface area contributed by atoms with Gasteiger partial charge in [0.1, 0.15) is 0 Å². The minimum atomic E-state index is -0.129. The van der Waals surface area contributed by atoms with Gasteiger partial charge in [-0.2, -0.15) is 5.06 Å². The third-order valence-electron chi connectivity index (χ3n) is 2.94. The van der Waals surface area contributed by atoms with E-state index < -0.39 is 0 Å². The van der Waals surface area contributed by atoms with E-state index in [4.69, 9.17) is 10.6 Å². The lowest BCUT2D eigenvalue weighted by Crippen LogP contribution is -2.60. The van der Waals surface area contributed by atoms with Gasteiger partial charge < -0.3 is 10.6 Å². The highest BCUT2D eigenvalue weighted by Gasteiger charge is 2.35. The van der Waals surface area contributed by atoms with E-state index in [1.165, 1.54) is 12.8 Å². The summed E-state index contributed by atoms with van der Waals surface area (Å²) in [4.78, 5) is 5.16. The minimum Gasteiger partial charge on any atom is -0.313 e. The van der Waals surface area contributed by atoms with Crippen molar-refractivity contribution < 1.29 is 4.84 Å². The molecule has 0 aromatic rings. The highest BCUT2D eigenvalue weighted by Crippen LogP contribution is 2.25. The van der Waals surface area contributed by atoms with Gasteiger partial charge in [0.25, 0.3) is 0 Å². The summed E-state index contributed by atoms with van der Waals surface area (Å²) in [7, 11) is 1.72. The maximum absolute atomic E-state index is 6.22. The zero-order valence-corrected chi connectivity index (χ0v) is 8.25. The molecule has 1 heterocycles. The van der Waals surface area contributed by atoms with Gasteiger partial charge >= 0.3 is 0 Å². The predicted octanol–water partition coefficient (Wildman–Crippen LogP) is 0.0506. The standard InChI is InChI=1S/C9H19N3O/c1-13-12-6-4-9(10,5-7-12)11-8-2-3-8/h8,11H,2-7,10H2,1H3. The molecule has 1 aliphatic carbocycles. The second-order valence-corrected chi connectivity index (χ2v) is 4.19. The Balaban J connectivity index is 1.80. The second-order valence-electron chi connectivity index (χ2n) is 4.19. The molecular formula is C9H19N3O. The molecule has 3 N–H and O–H groups in total. The topological polar surface area (TPSA) is 50.5 Å². The Morgan fingerprint density at radius 3 is 2.46 bits per heavy atom. The minimum absolute atomic E-state index is 0.129. The Bertz CT molecular complexity index is 174. The van der Waals surface area contributed by atoms with Crippen LogP contribution in [0.3, 0.4) is 0 Å². The van der Waals surface area contributed by atoms with Crippen molar-refractivity contribution >= 4 is 0 Å². The first-order valence-corrected chi connectivity index (χ1v) is 5.07. The summed E-state index contributed by atoms with van der Waals surface area (Å²) >= 11 is 0. The predicted molar refractivity (Wildman–Crippen MR) is 50.9 cm³/mol. The molecule has 1 aliphatic heterocycles. The molecule has 2 rings (SSSR count). The Morgan fingerprint density at radius 1 is 1.38 bits per heavy atom. The highest BCUT2D eigenvalue weighted by molar-refractivity contribution is 4.93. The van der Waals surface area contributed by atoms with Crippen LogP contribution in [0.15, 0.2) is 0 Å². The first-order valence-electron chi connectivity index (χ1n) is 5.07. The smallest absolute Gasteiger partial charge is 0.0690 e.